The van der Waals surface area contributed by atoms with Gasteiger partial charge in [0, 0.05) is 26.2 Å². The molecule has 0 aromatic heterocycles. The Labute approximate surface area is 145 Å². The summed E-state index contributed by atoms with van der Waals surface area (Å²) in [5, 5.41) is 0. The molecule has 10 heteroatoms. The maximum Gasteiger partial charge on any atom is 0.331 e. The number of ether oxygens (including phenoxy) is 2. The molecule has 136 valence electrons. The molecule has 9 nitrogen and oxygen atoms in total. The summed E-state index contributed by atoms with van der Waals surface area (Å²) < 4.78 is 37.3. The number of hydrogen-bond acceptors (Lipinski definition) is 6. The Hall–Kier alpha value is -2.17. The van der Waals surface area contributed by atoms with Crippen LogP contribution in [0.25, 0.3) is 0 Å². The molecule has 0 atom stereocenters. The molecule has 0 spiro atoms. The van der Waals surface area contributed by atoms with Crippen molar-refractivity contribution in [3.05, 3.63) is 18.2 Å². The summed E-state index contributed by atoms with van der Waals surface area (Å²) in [7, 11) is -0.895. The Balaban J connectivity index is 1.95. The zero-order valence-electron chi connectivity index (χ0n) is 14.0. The second-order valence-corrected chi connectivity index (χ2v) is 7.61. The standard InChI is InChI=1S/C15H19N3O6S/c1-16-14(19)10-18(15(16)20)12-4-3-11(9-13(12)23-2)25(21,22)17-5-7-24-8-6-17/h3-4,9H,5-8,10H2,1-2H3. The summed E-state index contributed by atoms with van der Waals surface area (Å²) in [5.74, 6) is -0.122. The first-order chi connectivity index (χ1) is 11.9. The minimum absolute atomic E-state index is 0.0707. The van der Waals surface area contributed by atoms with Crippen LogP contribution in [0.2, 0.25) is 0 Å². The quantitative estimate of drug-likeness (QED) is 0.699. The fraction of sp³-hybridized carbons (Fsp3) is 0.467. The van der Waals surface area contributed by atoms with Crippen molar-refractivity contribution in [2.75, 3.05) is 51.9 Å². The maximum atomic E-state index is 12.7. The van der Waals surface area contributed by atoms with Gasteiger partial charge in [0.1, 0.15) is 12.3 Å². The van der Waals surface area contributed by atoms with Crippen molar-refractivity contribution < 1.29 is 27.5 Å². The van der Waals surface area contributed by atoms with E-state index in [0.29, 0.717) is 18.9 Å². The first-order valence-corrected chi connectivity index (χ1v) is 9.14. The Bertz CT molecular complexity index is 803. The summed E-state index contributed by atoms with van der Waals surface area (Å²) in [6, 6.07) is 3.79. The summed E-state index contributed by atoms with van der Waals surface area (Å²) in [5.41, 5.74) is 0.353. The average molecular weight is 369 g/mol. The molecule has 3 rings (SSSR count). The number of rotatable bonds is 4. The van der Waals surface area contributed by atoms with E-state index < -0.39 is 16.1 Å². The molecule has 1 aromatic rings. The van der Waals surface area contributed by atoms with E-state index >= 15 is 0 Å². The number of methoxy groups -OCH3 is 1. The van der Waals surface area contributed by atoms with Gasteiger partial charge in [-0.05, 0) is 12.1 Å². The van der Waals surface area contributed by atoms with E-state index in [4.69, 9.17) is 9.47 Å². The van der Waals surface area contributed by atoms with Gasteiger partial charge in [0.15, 0.2) is 0 Å². The SMILES string of the molecule is COc1cc(S(=O)(=O)N2CCOCC2)ccc1N1CC(=O)N(C)C1=O. The maximum absolute atomic E-state index is 12.7. The van der Waals surface area contributed by atoms with Crippen molar-refractivity contribution in [3.8, 4) is 5.75 Å². The summed E-state index contributed by atoms with van der Waals surface area (Å²) in [4.78, 5) is 26.2. The molecule has 0 aliphatic carbocycles. The number of imide groups is 1. The van der Waals surface area contributed by atoms with E-state index in [1.165, 1.54) is 41.6 Å². The van der Waals surface area contributed by atoms with Crippen LogP contribution >= 0.6 is 0 Å². The van der Waals surface area contributed by atoms with E-state index in [2.05, 4.69) is 0 Å². The molecule has 0 radical (unpaired) electrons. The molecule has 2 aliphatic rings. The monoisotopic (exact) mass is 369 g/mol. The molecule has 2 fully saturated rings. The summed E-state index contributed by atoms with van der Waals surface area (Å²) in [6.07, 6.45) is 0. The van der Waals surface area contributed by atoms with Gasteiger partial charge in [-0.1, -0.05) is 0 Å². The Kier molecular flexibility index (Phi) is 4.67. The Morgan fingerprint density at radius 3 is 2.40 bits per heavy atom. The fourth-order valence-electron chi connectivity index (χ4n) is 2.76. The summed E-state index contributed by atoms with van der Waals surface area (Å²) in [6.45, 7) is 1.17. The van der Waals surface area contributed by atoms with E-state index in [0.717, 1.165) is 4.90 Å². The van der Waals surface area contributed by atoms with Crippen molar-refractivity contribution in [1.82, 2.24) is 9.21 Å². The molecule has 2 heterocycles. The number of urea groups is 1. The smallest absolute Gasteiger partial charge is 0.331 e. The first-order valence-electron chi connectivity index (χ1n) is 7.70. The van der Waals surface area contributed by atoms with E-state index in [1.54, 1.807) is 0 Å². The molecule has 0 bridgehead atoms. The molecule has 3 amide bonds. The van der Waals surface area contributed by atoms with E-state index in [1.807, 2.05) is 0 Å². The molecule has 2 saturated heterocycles. The number of likely N-dealkylation sites (N-methyl/N-ethyl adjacent to an activating group) is 1. The Morgan fingerprint density at radius 2 is 1.84 bits per heavy atom. The van der Waals surface area contributed by atoms with E-state index in [9.17, 15) is 18.0 Å². The number of amides is 3. The minimum atomic E-state index is -3.68. The third-order valence-corrected chi connectivity index (χ3v) is 6.13. The third-order valence-electron chi connectivity index (χ3n) is 4.24. The van der Waals surface area contributed by atoms with Crippen molar-refractivity contribution in [3.63, 3.8) is 0 Å². The van der Waals surface area contributed by atoms with Crippen LogP contribution in [0.4, 0.5) is 10.5 Å². The van der Waals surface area contributed by atoms with Crippen LogP contribution in [0.15, 0.2) is 23.1 Å². The van der Waals surface area contributed by atoms with Gasteiger partial charge >= 0.3 is 6.03 Å². The predicted molar refractivity (Wildman–Crippen MR) is 88.1 cm³/mol. The minimum Gasteiger partial charge on any atom is -0.495 e. The molecule has 0 unspecified atom stereocenters. The molecule has 1 aromatic carbocycles. The summed E-state index contributed by atoms with van der Waals surface area (Å²) >= 11 is 0. The number of carbonyl (C=O) groups is 2. The largest absolute Gasteiger partial charge is 0.495 e. The predicted octanol–water partition coefficient (Wildman–Crippen LogP) is 0.115. The first kappa shape index (κ1) is 17.6. The molecule has 2 aliphatic heterocycles. The second kappa shape index (κ2) is 6.62. The molecular formula is C15H19N3O6S. The van der Waals surface area contributed by atoms with Crippen LogP contribution in [0.1, 0.15) is 0 Å². The number of nitrogens with zero attached hydrogens (tertiary/aromatic N) is 3. The number of morpholine rings is 1. The van der Waals surface area contributed by atoms with Crippen molar-refractivity contribution in [2.24, 2.45) is 0 Å². The van der Waals surface area contributed by atoms with Gasteiger partial charge in [0.05, 0.1) is 30.9 Å². The van der Waals surface area contributed by atoms with Crippen LogP contribution in [0.5, 0.6) is 5.75 Å². The number of benzene rings is 1. The lowest BCUT2D eigenvalue weighted by Gasteiger charge is -2.26. The molecule has 25 heavy (non-hydrogen) atoms. The van der Waals surface area contributed by atoms with Crippen LogP contribution in [-0.2, 0) is 19.6 Å². The zero-order valence-corrected chi connectivity index (χ0v) is 14.8. The van der Waals surface area contributed by atoms with E-state index in [-0.39, 0.29) is 36.2 Å². The molecule has 0 N–H and O–H groups in total. The zero-order chi connectivity index (χ0) is 18.2. The van der Waals surface area contributed by atoms with Crippen LogP contribution < -0.4 is 9.64 Å². The lowest BCUT2D eigenvalue weighted by atomic mass is 10.2. The lowest BCUT2D eigenvalue weighted by Crippen LogP contribution is -2.40. The van der Waals surface area contributed by atoms with Gasteiger partial charge in [0.2, 0.25) is 15.9 Å². The van der Waals surface area contributed by atoms with Crippen molar-refractivity contribution in [2.45, 2.75) is 4.90 Å². The highest BCUT2D eigenvalue weighted by atomic mass is 32.2. The van der Waals surface area contributed by atoms with Gasteiger partial charge in [-0.25, -0.2) is 13.2 Å². The third kappa shape index (κ3) is 3.08. The highest BCUT2D eigenvalue weighted by Crippen LogP contribution is 2.34. The van der Waals surface area contributed by atoms with Crippen LogP contribution in [0, 0.1) is 0 Å². The normalized spacial score (nSPS) is 19.6. The van der Waals surface area contributed by atoms with Gasteiger partial charge < -0.3 is 9.47 Å². The van der Waals surface area contributed by atoms with Crippen molar-refractivity contribution >= 4 is 27.6 Å². The van der Waals surface area contributed by atoms with Gasteiger partial charge in [-0.15, -0.1) is 0 Å². The highest BCUT2D eigenvalue weighted by Gasteiger charge is 2.36. The van der Waals surface area contributed by atoms with Crippen LogP contribution in [0.3, 0.4) is 0 Å². The van der Waals surface area contributed by atoms with Gasteiger partial charge in [-0.3, -0.25) is 14.6 Å². The second-order valence-electron chi connectivity index (χ2n) is 5.67. The number of carbonyl (C=O) groups excluding carboxylic acids is 2. The average Bonchev–Trinajstić information content (AvgIpc) is 2.89. The lowest BCUT2D eigenvalue weighted by molar-refractivity contribution is -0.123. The molecule has 0 saturated carbocycles. The van der Waals surface area contributed by atoms with Crippen molar-refractivity contribution in [1.29, 1.82) is 0 Å². The highest BCUT2D eigenvalue weighted by molar-refractivity contribution is 7.89. The number of anilines is 1. The fourth-order valence-corrected chi connectivity index (χ4v) is 4.19. The number of hydrogen-bond donors (Lipinski definition) is 0. The van der Waals surface area contributed by atoms with Gasteiger partial charge in [0.25, 0.3) is 0 Å². The van der Waals surface area contributed by atoms with Crippen LogP contribution in [-0.4, -0.2) is 76.6 Å². The topological polar surface area (TPSA) is 96.5 Å². The Morgan fingerprint density at radius 1 is 1.16 bits per heavy atom. The van der Waals surface area contributed by atoms with Gasteiger partial charge in [-0.2, -0.15) is 4.31 Å². The number of sulfonamides is 1. The molecular weight excluding hydrogens is 350 g/mol.